The Kier molecular flexibility index (Phi) is 5.82. The first-order valence-electron chi connectivity index (χ1n) is 6.84. The van der Waals surface area contributed by atoms with Crippen molar-refractivity contribution in [3.05, 3.63) is 34.3 Å². The number of aliphatic hydroxyl groups is 1. The maximum absolute atomic E-state index is 10.3. The Balaban J connectivity index is 1.87. The molecule has 1 aliphatic heterocycles. The van der Waals surface area contributed by atoms with E-state index in [2.05, 4.69) is 20.8 Å². The van der Waals surface area contributed by atoms with E-state index in [-0.39, 0.29) is 0 Å². The summed E-state index contributed by atoms with van der Waals surface area (Å²) < 4.78 is 6.28. The molecule has 1 saturated heterocycles. The molecule has 1 N–H and O–H groups in total. The topological polar surface area (TPSA) is 32.7 Å². The molecule has 0 spiro atoms. The van der Waals surface area contributed by atoms with Crippen LogP contribution >= 0.6 is 15.9 Å². The van der Waals surface area contributed by atoms with Gasteiger partial charge in [-0.1, -0.05) is 28.1 Å². The lowest BCUT2D eigenvalue weighted by atomic mass is 9.98. The highest BCUT2D eigenvalue weighted by Gasteiger charge is 2.22. The number of rotatable bonds is 5. The van der Waals surface area contributed by atoms with Crippen LogP contribution < -0.4 is 0 Å². The highest BCUT2D eigenvalue weighted by atomic mass is 79.9. The zero-order valence-electron chi connectivity index (χ0n) is 11.4. The van der Waals surface area contributed by atoms with Gasteiger partial charge in [0, 0.05) is 24.7 Å². The Morgan fingerprint density at radius 3 is 2.84 bits per heavy atom. The summed E-state index contributed by atoms with van der Waals surface area (Å²) in [5.41, 5.74) is 0.983. The van der Waals surface area contributed by atoms with Gasteiger partial charge in [-0.3, -0.25) is 0 Å². The molecule has 0 aliphatic carbocycles. The summed E-state index contributed by atoms with van der Waals surface area (Å²) in [5, 5.41) is 10.3. The SMILES string of the molecule is COCC1CCCN(CC(O)c2ccc(Br)cc2)C1. The Labute approximate surface area is 123 Å². The van der Waals surface area contributed by atoms with Crippen molar-refractivity contribution in [3.8, 4) is 0 Å². The van der Waals surface area contributed by atoms with Crippen LogP contribution in [0.25, 0.3) is 0 Å². The lowest BCUT2D eigenvalue weighted by Gasteiger charge is -2.33. The molecule has 19 heavy (non-hydrogen) atoms. The monoisotopic (exact) mass is 327 g/mol. The second kappa shape index (κ2) is 7.39. The number of hydrogen-bond acceptors (Lipinski definition) is 3. The molecule has 2 rings (SSSR count). The molecule has 1 heterocycles. The van der Waals surface area contributed by atoms with Crippen molar-refractivity contribution in [3.63, 3.8) is 0 Å². The highest BCUT2D eigenvalue weighted by molar-refractivity contribution is 9.10. The van der Waals surface area contributed by atoms with Crippen molar-refractivity contribution in [1.82, 2.24) is 4.90 Å². The molecule has 106 valence electrons. The normalized spacial score (nSPS) is 22.4. The number of piperidine rings is 1. The van der Waals surface area contributed by atoms with Gasteiger partial charge in [0.15, 0.2) is 0 Å². The van der Waals surface area contributed by atoms with Crippen LogP contribution in [0.5, 0.6) is 0 Å². The van der Waals surface area contributed by atoms with E-state index in [0.29, 0.717) is 12.5 Å². The molecule has 0 aromatic heterocycles. The zero-order valence-corrected chi connectivity index (χ0v) is 13.0. The third-order valence-electron chi connectivity index (χ3n) is 3.69. The van der Waals surface area contributed by atoms with E-state index in [1.54, 1.807) is 7.11 Å². The first-order chi connectivity index (χ1) is 9.19. The van der Waals surface area contributed by atoms with E-state index in [9.17, 15) is 5.11 Å². The molecular formula is C15H22BrNO2. The maximum atomic E-state index is 10.3. The number of aliphatic hydroxyl groups excluding tert-OH is 1. The summed E-state index contributed by atoms with van der Waals surface area (Å²) in [7, 11) is 1.76. The molecule has 1 fully saturated rings. The Hall–Kier alpha value is -0.420. The molecule has 1 aromatic carbocycles. The van der Waals surface area contributed by atoms with Gasteiger partial charge in [-0.25, -0.2) is 0 Å². The van der Waals surface area contributed by atoms with E-state index in [1.165, 1.54) is 12.8 Å². The molecule has 0 amide bonds. The predicted octanol–water partition coefficient (Wildman–Crippen LogP) is 2.84. The van der Waals surface area contributed by atoms with Crippen molar-refractivity contribution < 1.29 is 9.84 Å². The van der Waals surface area contributed by atoms with Gasteiger partial charge in [0.1, 0.15) is 0 Å². The van der Waals surface area contributed by atoms with Crippen LogP contribution in [0.2, 0.25) is 0 Å². The fourth-order valence-electron chi connectivity index (χ4n) is 2.72. The van der Waals surface area contributed by atoms with E-state index in [4.69, 9.17) is 4.74 Å². The van der Waals surface area contributed by atoms with Gasteiger partial charge >= 0.3 is 0 Å². The molecular weight excluding hydrogens is 306 g/mol. The first-order valence-corrected chi connectivity index (χ1v) is 7.63. The van der Waals surface area contributed by atoms with Gasteiger partial charge in [0.25, 0.3) is 0 Å². The predicted molar refractivity (Wildman–Crippen MR) is 80.1 cm³/mol. The summed E-state index contributed by atoms with van der Waals surface area (Å²) in [6, 6.07) is 7.90. The molecule has 0 radical (unpaired) electrons. The Morgan fingerprint density at radius 1 is 1.42 bits per heavy atom. The van der Waals surface area contributed by atoms with Crippen molar-refractivity contribution in [2.75, 3.05) is 33.4 Å². The maximum Gasteiger partial charge on any atom is 0.0916 e. The fourth-order valence-corrected chi connectivity index (χ4v) is 2.99. The standard InChI is InChI=1S/C15H22BrNO2/c1-19-11-12-3-2-8-17(9-12)10-15(18)13-4-6-14(16)7-5-13/h4-7,12,15,18H,2-3,8-11H2,1H3. The summed E-state index contributed by atoms with van der Waals surface area (Å²) in [5.74, 6) is 0.607. The van der Waals surface area contributed by atoms with Crippen LogP contribution in [-0.2, 0) is 4.74 Å². The summed E-state index contributed by atoms with van der Waals surface area (Å²) in [4.78, 5) is 2.35. The lowest BCUT2D eigenvalue weighted by molar-refractivity contribution is 0.0563. The minimum absolute atomic E-state index is 0.408. The van der Waals surface area contributed by atoms with Crippen molar-refractivity contribution >= 4 is 15.9 Å². The number of likely N-dealkylation sites (tertiary alicyclic amines) is 1. The second-order valence-corrected chi connectivity index (χ2v) is 6.21. The largest absolute Gasteiger partial charge is 0.387 e. The van der Waals surface area contributed by atoms with E-state index in [1.807, 2.05) is 24.3 Å². The molecule has 3 nitrogen and oxygen atoms in total. The minimum Gasteiger partial charge on any atom is -0.387 e. The third kappa shape index (κ3) is 4.56. The van der Waals surface area contributed by atoms with Gasteiger partial charge < -0.3 is 14.7 Å². The summed E-state index contributed by atoms with van der Waals surface area (Å²) in [6.07, 6.45) is 2.02. The average Bonchev–Trinajstić information content (AvgIpc) is 2.40. The van der Waals surface area contributed by atoms with Gasteiger partial charge in [-0.2, -0.15) is 0 Å². The number of hydrogen-bond donors (Lipinski definition) is 1. The Morgan fingerprint density at radius 2 is 2.16 bits per heavy atom. The molecule has 0 bridgehead atoms. The molecule has 4 heteroatoms. The molecule has 2 atom stereocenters. The highest BCUT2D eigenvalue weighted by Crippen LogP contribution is 2.21. The van der Waals surface area contributed by atoms with Gasteiger partial charge in [0.2, 0.25) is 0 Å². The van der Waals surface area contributed by atoms with Crippen LogP contribution in [0.15, 0.2) is 28.7 Å². The summed E-state index contributed by atoms with van der Waals surface area (Å²) in [6.45, 7) is 3.64. The van der Waals surface area contributed by atoms with Crippen molar-refractivity contribution in [1.29, 1.82) is 0 Å². The minimum atomic E-state index is -0.408. The van der Waals surface area contributed by atoms with E-state index < -0.39 is 6.10 Å². The van der Waals surface area contributed by atoms with Gasteiger partial charge in [-0.05, 0) is 43.0 Å². The zero-order chi connectivity index (χ0) is 13.7. The lowest BCUT2D eigenvalue weighted by Crippen LogP contribution is -2.39. The number of halogens is 1. The van der Waals surface area contributed by atoms with Crippen LogP contribution in [0, 0.1) is 5.92 Å². The molecule has 0 saturated carbocycles. The van der Waals surface area contributed by atoms with Crippen LogP contribution in [0.3, 0.4) is 0 Å². The number of methoxy groups -OCH3 is 1. The van der Waals surface area contributed by atoms with Crippen LogP contribution in [-0.4, -0.2) is 43.4 Å². The number of ether oxygens (including phenoxy) is 1. The first kappa shape index (κ1) is 15.0. The number of β-amino-alcohol motifs (C(OH)–C–C–N with tert-alkyl or cyclic N) is 1. The molecule has 1 aliphatic rings. The second-order valence-electron chi connectivity index (χ2n) is 5.29. The van der Waals surface area contributed by atoms with Crippen LogP contribution in [0.1, 0.15) is 24.5 Å². The average molecular weight is 328 g/mol. The Bertz CT molecular complexity index is 380. The smallest absolute Gasteiger partial charge is 0.0916 e. The van der Waals surface area contributed by atoms with E-state index >= 15 is 0 Å². The fraction of sp³-hybridized carbons (Fsp3) is 0.600. The van der Waals surface area contributed by atoms with Crippen LogP contribution in [0.4, 0.5) is 0 Å². The molecule has 1 aromatic rings. The quantitative estimate of drug-likeness (QED) is 0.902. The molecule has 2 unspecified atom stereocenters. The summed E-state index contributed by atoms with van der Waals surface area (Å²) >= 11 is 3.41. The van der Waals surface area contributed by atoms with Crippen molar-refractivity contribution in [2.24, 2.45) is 5.92 Å². The van der Waals surface area contributed by atoms with Crippen molar-refractivity contribution in [2.45, 2.75) is 18.9 Å². The number of benzene rings is 1. The number of nitrogens with zero attached hydrogens (tertiary/aromatic N) is 1. The van der Waals surface area contributed by atoms with Gasteiger partial charge in [-0.15, -0.1) is 0 Å². The third-order valence-corrected chi connectivity index (χ3v) is 4.22. The van der Waals surface area contributed by atoms with Gasteiger partial charge in [0.05, 0.1) is 12.7 Å². The van der Waals surface area contributed by atoms with E-state index in [0.717, 1.165) is 29.7 Å².